The minimum atomic E-state index is -4.69. The van der Waals surface area contributed by atoms with Gasteiger partial charge >= 0.3 is 6.18 Å². The number of pyridine rings is 1. The fourth-order valence-corrected chi connectivity index (χ4v) is 5.62. The second-order valence-electron chi connectivity index (χ2n) is 10.9. The van der Waals surface area contributed by atoms with Gasteiger partial charge in [-0.2, -0.15) is 18.4 Å². The average Bonchev–Trinajstić information content (AvgIpc) is 3.54. The number of nitriles is 1. The maximum absolute atomic E-state index is 13.7. The molecule has 0 spiro atoms. The first-order chi connectivity index (χ1) is 22.0. The van der Waals surface area contributed by atoms with E-state index in [9.17, 15) is 28.0 Å². The van der Waals surface area contributed by atoms with Crippen LogP contribution in [0.15, 0.2) is 78.2 Å². The smallest absolute Gasteiger partial charge is 0.325 e. The molecule has 0 unspecified atom stereocenters. The normalized spacial score (nSPS) is 16.8. The first-order valence-corrected chi connectivity index (χ1v) is 14.6. The van der Waals surface area contributed by atoms with Crippen LogP contribution in [0.2, 0.25) is 5.02 Å². The van der Waals surface area contributed by atoms with E-state index in [2.05, 4.69) is 31.7 Å². The van der Waals surface area contributed by atoms with Crippen LogP contribution in [-0.2, 0) is 11.0 Å². The SMILES string of the molecule is C[C@@H]1CCC[C@H](n2cnc(-c3cc(Cl)ccc3-n3cc(C(F)(F)F)nn3)cc2=O)c2cncc(c2)-c2ccc(C#N)cc2NC1=O. The summed E-state index contributed by atoms with van der Waals surface area (Å²) in [6.45, 7) is 1.82. The second kappa shape index (κ2) is 12.2. The Morgan fingerprint density at radius 2 is 1.87 bits per heavy atom. The van der Waals surface area contributed by atoms with Gasteiger partial charge in [0.2, 0.25) is 5.91 Å². The lowest BCUT2D eigenvalue weighted by molar-refractivity contribution is -0.141. The van der Waals surface area contributed by atoms with Crippen molar-refractivity contribution in [2.24, 2.45) is 5.92 Å². The van der Waals surface area contributed by atoms with Crippen LogP contribution in [-0.4, -0.2) is 35.4 Å². The Labute approximate surface area is 265 Å². The van der Waals surface area contributed by atoms with E-state index in [1.807, 2.05) is 13.0 Å². The Kier molecular flexibility index (Phi) is 8.14. The number of halogens is 4. The quantitative estimate of drug-likeness (QED) is 0.239. The maximum atomic E-state index is 13.7. The Hall–Kier alpha value is -5.35. The number of fused-ring (bicyclic) bond motifs is 4. The number of hydrogen-bond donors (Lipinski definition) is 1. The third-order valence-electron chi connectivity index (χ3n) is 7.86. The van der Waals surface area contributed by atoms with Gasteiger partial charge in [0.25, 0.3) is 5.56 Å². The van der Waals surface area contributed by atoms with E-state index in [0.717, 1.165) is 16.4 Å². The van der Waals surface area contributed by atoms with Gasteiger partial charge in [-0.25, -0.2) is 9.67 Å². The van der Waals surface area contributed by atoms with Crippen LogP contribution in [0.5, 0.6) is 0 Å². The molecule has 0 saturated heterocycles. The van der Waals surface area contributed by atoms with Crippen LogP contribution in [0.1, 0.15) is 49.0 Å². The maximum Gasteiger partial charge on any atom is 0.436 e. The number of nitrogens with one attached hydrogen (secondary N) is 1. The number of carbonyl (C=O) groups excluding carboxylic acids is 1. The van der Waals surface area contributed by atoms with Gasteiger partial charge in [0.1, 0.15) is 0 Å². The molecule has 0 fully saturated rings. The van der Waals surface area contributed by atoms with Crippen LogP contribution < -0.4 is 10.9 Å². The van der Waals surface area contributed by atoms with Crippen molar-refractivity contribution in [1.29, 1.82) is 5.26 Å². The van der Waals surface area contributed by atoms with E-state index in [4.69, 9.17) is 11.6 Å². The van der Waals surface area contributed by atoms with Crippen molar-refractivity contribution >= 4 is 23.2 Å². The predicted molar refractivity (Wildman–Crippen MR) is 163 cm³/mol. The minimum absolute atomic E-state index is 0.176. The molecular weight excluding hydrogens is 621 g/mol. The lowest BCUT2D eigenvalue weighted by Gasteiger charge is -2.23. The number of hydrogen-bond acceptors (Lipinski definition) is 7. The van der Waals surface area contributed by atoms with Crippen LogP contribution in [0.4, 0.5) is 18.9 Å². The molecule has 1 amide bonds. The zero-order chi connectivity index (χ0) is 32.6. The number of rotatable bonds is 3. The first-order valence-electron chi connectivity index (χ1n) is 14.2. The molecule has 3 aromatic heterocycles. The van der Waals surface area contributed by atoms with Crippen molar-refractivity contribution in [2.75, 3.05) is 5.32 Å². The summed E-state index contributed by atoms with van der Waals surface area (Å²) in [5, 5.41) is 19.5. The highest BCUT2D eigenvalue weighted by Gasteiger charge is 2.35. The summed E-state index contributed by atoms with van der Waals surface area (Å²) < 4.78 is 42.1. The van der Waals surface area contributed by atoms with Crippen molar-refractivity contribution in [3.8, 4) is 34.1 Å². The third-order valence-corrected chi connectivity index (χ3v) is 8.10. The molecule has 1 aliphatic rings. The number of carbonyl (C=O) groups is 1. The number of alkyl halides is 3. The summed E-state index contributed by atoms with van der Waals surface area (Å²) in [6.07, 6.45) is 2.38. The summed E-state index contributed by atoms with van der Waals surface area (Å²) in [6, 6.07) is 14.3. The van der Waals surface area contributed by atoms with Crippen molar-refractivity contribution < 1.29 is 18.0 Å². The summed E-state index contributed by atoms with van der Waals surface area (Å²) in [7, 11) is 0. The second-order valence-corrected chi connectivity index (χ2v) is 11.4. The monoisotopic (exact) mass is 644 g/mol. The number of aromatic nitrogens is 6. The van der Waals surface area contributed by atoms with Crippen molar-refractivity contribution in [3.63, 3.8) is 0 Å². The fraction of sp³-hybridized carbons (Fsp3) is 0.219. The van der Waals surface area contributed by atoms with E-state index in [1.54, 1.807) is 30.6 Å². The molecule has 1 N–H and O–H groups in total. The van der Waals surface area contributed by atoms with Crippen LogP contribution in [0.25, 0.3) is 28.1 Å². The summed E-state index contributed by atoms with van der Waals surface area (Å²) in [5.41, 5.74) is 2.04. The topological polar surface area (TPSA) is 131 Å². The molecule has 1 aliphatic heterocycles. The molecule has 5 aromatic rings. The molecule has 4 heterocycles. The van der Waals surface area contributed by atoms with Gasteiger partial charge in [0, 0.05) is 51.8 Å². The molecule has 10 nitrogen and oxygen atoms in total. The average molecular weight is 645 g/mol. The number of nitrogens with zero attached hydrogens (tertiary/aromatic N) is 7. The molecular formula is C32H24ClF3N8O2. The van der Waals surface area contributed by atoms with E-state index >= 15 is 0 Å². The van der Waals surface area contributed by atoms with Gasteiger partial charge in [0.15, 0.2) is 5.69 Å². The molecule has 6 rings (SSSR count). The lowest BCUT2D eigenvalue weighted by atomic mass is 9.93. The number of benzene rings is 2. The van der Waals surface area contributed by atoms with Gasteiger partial charge in [-0.3, -0.25) is 19.1 Å². The molecule has 0 aliphatic carbocycles. The highest BCUT2D eigenvalue weighted by molar-refractivity contribution is 6.31. The van der Waals surface area contributed by atoms with E-state index in [-0.39, 0.29) is 33.8 Å². The van der Waals surface area contributed by atoms with Gasteiger partial charge in [-0.05, 0) is 54.8 Å². The molecule has 0 radical (unpaired) electrons. The molecule has 14 heteroatoms. The van der Waals surface area contributed by atoms with Crippen LogP contribution in [0.3, 0.4) is 0 Å². The number of amides is 1. The summed E-state index contributed by atoms with van der Waals surface area (Å²) in [5.74, 6) is -0.531. The van der Waals surface area contributed by atoms with Gasteiger partial charge in [-0.15, -0.1) is 5.10 Å². The van der Waals surface area contributed by atoms with E-state index in [0.29, 0.717) is 41.6 Å². The highest BCUT2D eigenvalue weighted by atomic mass is 35.5. The van der Waals surface area contributed by atoms with Crippen LogP contribution in [0, 0.1) is 17.2 Å². The third kappa shape index (κ3) is 6.12. The zero-order valence-corrected chi connectivity index (χ0v) is 24.9. The summed E-state index contributed by atoms with van der Waals surface area (Å²) >= 11 is 6.24. The van der Waals surface area contributed by atoms with Crippen molar-refractivity contribution in [2.45, 2.75) is 38.4 Å². The van der Waals surface area contributed by atoms with Crippen molar-refractivity contribution in [3.05, 3.63) is 106 Å². The summed E-state index contributed by atoms with van der Waals surface area (Å²) in [4.78, 5) is 35.7. The Morgan fingerprint density at radius 1 is 1.04 bits per heavy atom. The Bertz CT molecular complexity index is 2070. The van der Waals surface area contributed by atoms with E-state index in [1.165, 1.54) is 35.2 Å². The lowest BCUT2D eigenvalue weighted by Crippen LogP contribution is -2.26. The standard InChI is InChI=1S/C32H24ClF3N8O2/c1-18-3-2-4-27(21-10-20(14-38-15-21)23-7-5-19(13-37)9-26(23)40-31(18)46)43-17-39-25(12-30(43)45)24-11-22(33)6-8-28(24)44-16-29(41-42-44)32(34,35)36/h5-12,14-18,27H,2-4H2,1H3,(H,40,46)/t18-,27+/m1/s1. The predicted octanol–water partition coefficient (Wildman–Crippen LogP) is 6.44. The molecule has 232 valence electrons. The van der Waals surface area contributed by atoms with Crippen molar-refractivity contribution in [1.82, 2.24) is 29.5 Å². The number of anilines is 1. The fourth-order valence-electron chi connectivity index (χ4n) is 5.44. The minimum Gasteiger partial charge on any atom is -0.325 e. The van der Waals surface area contributed by atoms with Gasteiger partial charge < -0.3 is 5.32 Å². The Balaban J connectivity index is 1.42. The molecule has 2 bridgehead atoms. The van der Waals surface area contributed by atoms with E-state index < -0.39 is 23.5 Å². The van der Waals surface area contributed by atoms with Gasteiger partial charge in [0.05, 0.1) is 41.6 Å². The molecule has 0 saturated carbocycles. The Morgan fingerprint density at radius 3 is 2.61 bits per heavy atom. The first kappa shape index (κ1) is 30.7. The molecule has 2 atom stereocenters. The largest absolute Gasteiger partial charge is 0.436 e. The molecule has 46 heavy (non-hydrogen) atoms. The highest BCUT2D eigenvalue weighted by Crippen LogP contribution is 2.35. The van der Waals surface area contributed by atoms with Crippen LogP contribution >= 0.6 is 11.6 Å². The van der Waals surface area contributed by atoms with Gasteiger partial charge in [-0.1, -0.05) is 36.2 Å². The molecule has 2 aromatic carbocycles. The zero-order valence-electron chi connectivity index (χ0n) is 24.2.